The molecule has 1 amide bonds. The van der Waals surface area contributed by atoms with Crippen molar-refractivity contribution in [2.24, 2.45) is 0 Å². The molecule has 1 fully saturated rings. The monoisotopic (exact) mass is 407 g/mol. The highest BCUT2D eigenvalue weighted by atomic mass is 32.1. The average molecular weight is 407 g/mol. The highest BCUT2D eigenvalue weighted by molar-refractivity contribution is 7.11. The number of benzene rings is 1. The van der Waals surface area contributed by atoms with Crippen molar-refractivity contribution in [3.63, 3.8) is 0 Å². The molecule has 28 heavy (non-hydrogen) atoms. The number of H-pyrrole nitrogens is 1. The lowest BCUT2D eigenvalue weighted by molar-refractivity contribution is -0.137. The van der Waals surface area contributed by atoms with Crippen LogP contribution in [0.3, 0.4) is 0 Å². The highest BCUT2D eigenvalue weighted by Crippen LogP contribution is 2.36. The second kappa shape index (κ2) is 7.58. The number of nitrogens with one attached hydrogen (secondary N) is 2. The maximum atomic E-state index is 12.6. The number of thiazole rings is 1. The molecule has 2 N–H and O–H groups in total. The van der Waals surface area contributed by atoms with Gasteiger partial charge in [0.25, 0.3) is 5.91 Å². The molecule has 8 heteroatoms. The van der Waals surface area contributed by atoms with Crippen LogP contribution in [-0.4, -0.2) is 15.9 Å². The van der Waals surface area contributed by atoms with Crippen LogP contribution < -0.4 is 5.32 Å². The van der Waals surface area contributed by atoms with Gasteiger partial charge in [-0.05, 0) is 36.5 Å². The van der Waals surface area contributed by atoms with Crippen molar-refractivity contribution in [3.8, 4) is 0 Å². The first-order valence-electron chi connectivity index (χ1n) is 9.33. The molecule has 4 rings (SSSR count). The Kier molecular flexibility index (Phi) is 5.14. The summed E-state index contributed by atoms with van der Waals surface area (Å²) in [4.78, 5) is 19.4. The van der Waals surface area contributed by atoms with Crippen molar-refractivity contribution < 1.29 is 18.0 Å². The molecule has 0 bridgehead atoms. The Bertz CT molecular complexity index is 986. The molecule has 1 aliphatic rings. The van der Waals surface area contributed by atoms with E-state index in [0.29, 0.717) is 27.7 Å². The number of fused-ring (bicyclic) bond motifs is 1. The lowest BCUT2D eigenvalue weighted by Gasteiger charge is -2.21. The van der Waals surface area contributed by atoms with E-state index in [4.69, 9.17) is 0 Å². The van der Waals surface area contributed by atoms with Crippen molar-refractivity contribution in [1.29, 1.82) is 0 Å². The standard InChI is InChI=1S/C20H20F3N3OS/c21-20(22,23)19-26-10-14(28-19)9-25-18(27)13-6-7-15-16(11-24-17(15)8-13)12-4-2-1-3-5-12/h6-8,10-12,24H,1-5,9H2,(H,25,27). The van der Waals surface area contributed by atoms with E-state index in [-0.39, 0.29) is 12.5 Å². The van der Waals surface area contributed by atoms with E-state index in [9.17, 15) is 18.0 Å². The molecule has 0 unspecified atom stereocenters. The Morgan fingerprint density at radius 2 is 2.04 bits per heavy atom. The zero-order valence-corrected chi connectivity index (χ0v) is 15.9. The number of rotatable bonds is 4. The number of aromatic amines is 1. The zero-order valence-electron chi connectivity index (χ0n) is 15.1. The summed E-state index contributed by atoms with van der Waals surface area (Å²) in [5.74, 6) is 0.244. The van der Waals surface area contributed by atoms with Gasteiger partial charge in [0.2, 0.25) is 0 Å². The molecule has 148 valence electrons. The highest BCUT2D eigenvalue weighted by Gasteiger charge is 2.34. The average Bonchev–Trinajstić information content (AvgIpc) is 3.33. The Morgan fingerprint density at radius 1 is 1.25 bits per heavy atom. The van der Waals surface area contributed by atoms with E-state index in [1.165, 1.54) is 37.7 Å². The summed E-state index contributed by atoms with van der Waals surface area (Å²) in [5, 5.41) is 2.90. The number of halogens is 3. The smallest absolute Gasteiger partial charge is 0.361 e. The quantitative estimate of drug-likeness (QED) is 0.590. The third kappa shape index (κ3) is 3.92. The SMILES string of the molecule is O=C(NCc1cnc(C(F)(F)F)s1)c1ccc2c(C3CCCCC3)c[nH]c2c1. The summed E-state index contributed by atoms with van der Waals surface area (Å²) in [5.41, 5.74) is 2.70. The van der Waals surface area contributed by atoms with E-state index in [1.54, 1.807) is 12.1 Å². The van der Waals surface area contributed by atoms with Gasteiger partial charge in [-0.1, -0.05) is 25.3 Å². The minimum absolute atomic E-state index is 0.0165. The summed E-state index contributed by atoms with van der Waals surface area (Å²) in [7, 11) is 0. The predicted molar refractivity (Wildman–Crippen MR) is 102 cm³/mol. The van der Waals surface area contributed by atoms with Crippen LogP contribution in [-0.2, 0) is 12.7 Å². The molecule has 3 aromatic rings. The third-order valence-electron chi connectivity index (χ3n) is 5.24. The minimum Gasteiger partial charge on any atom is -0.361 e. The number of carbonyl (C=O) groups excluding carboxylic acids is 1. The van der Waals surface area contributed by atoms with Crippen molar-refractivity contribution in [3.05, 3.63) is 51.6 Å². The first-order valence-corrected chi connectivity index (χ1v) is 10.1. The minimum atomic E-state index is -4.46. The van der Waals surface area contributed by atoms with Crippen molar-refractivity contribution >= 4 is 28.1 Å². The number of nitrogens with zero attached hydrogens (tertiary/aromatic N) is 1. The first-order chi connectivity index (χ1) is 13.4. The van der Waals surface area contributed by atoms with Gasteiger partial charge in [0.15, 0.2) is 5.01 Å². The molecule has 0 spiro atoms. The van der Waals surface area contributed by atoms with Crippen LogP contribution in [0.2, 0.25) is 0 Å². The van der Waals surface area contributed by atoms with Crippen molar-refractivity contribution in [1.82, 2.24) is 15.3 Å². The summed E-state index contributed by atoms with van der Waals surface area (Å²) in [6, 6.07) is 5.52. The number of alkyl halides is 3. The van der Waals surface area contributed by atoms with Gasteiger partial charge in [0.05, 0.1) is 6.54 Å². The normalized spacial score (nSPS) is 15.8. The van der Waals surface area contributed by atoms with E-state index in [0.717, 1.165) is 17.1 Å². The van der Waals surface area contributed by atoms with Crippen molar-refractivity contribution in [2.45, 2.75) is 50.7 Å². The topological polar surface area (TPSA) is 57.8 Å². The van der Waals surface area contributed by atoms with Crippen LogP contribution in [0.25, 0.3) is 10.9 Å². The van der Waals surface area contributed by atoms with E-state index < -0.39 is 11.2 Å². The second-order valence-corrected chi connectivity index (χ2v) is 8.27. The number of aromatic nitrogens is 2. The van der Waals surface area contributed by atoms with Crippen LogP contribution >= 0.6 is 11.3 Å². The maximum absolute atomic E-state index is 12.6. The number of amides is 1. The molecule has 2 heterocycles. The number of carbonyl (C=O) groups is 1. The van der Waals surface area contributed by atoms with Gasteiger partial charge in [-0.2, -0.15) is 13.2 Å². The predicted octanol–water partition coefficient (Wildman–Crippen LogP) is 5.62. The lowest BCUT2D eigenvalue weighted by atomic mass is 9.84. The Hall–Kier alpha value is -2.35. The van der Waals surface area contributed by atoms with E-state index in [1.807, 2.05) is 12.3 Å². The molecule has 0 saturated heterocycles. The fourth-order valence-electron chi connectivity index (χ4n) is 3.83. The summed E-state index contributed by atoms with van der Waals surface area (Å²) < 4.78 is 37.8. The molecule has 1 aliphatic carbocycles. The van der Waals surface area contributed by atoms with Gasteiger partial charge >= 0.3 is 6.18 Å². The molecular formula is C20H20F3N3OS. The van der Waals surface area contributed by atoms with Crippen LogP contribution in [0.1, 0.15) is 63.8 Å². The molecule has 0 aliphatic heterocycles. The van der Waals surface area contributed by atoms with Gasteiger partial charge in [-0.3, -0.25) is 4.79 Å². The lowest BCUT2D eigenvalue weighted by Crippen LogP contribution is -2.22. The largest absolute Gasteiger partial charge is 0.443 e. The Labute approximate surface area is 164 Å². The molecule has 1 saturated carbocycles. The van der Waals surface area contributed by atoms with Gasteiger partial charge in [0, 0.05) is 33.7 Å². The van der Waals surface area contributed by atoms with E-state index >= 15 is 0 Å². The maximum Gasteiger partial charge on any atom is 0.443 e. The Morgan fingerprint density at radius 3 is 2.75 bits per heavy atom. The second-order valence-electron chi connectivity index (χ2n) is 7.15. The van der Waals surface area contributed by atoms with Gasteiger partial charge in [0.1, 0.15) is 0 Å². The number of hydrogen-bond acceptors (Lipinski definition) is 3. The number of hydrogen-bond donors (Lipinski definition) is 2. The van der Waals surface area contributed by atoms with Crippen LogP contribution in [0.15, 0.2) is 30.6 Å². The Balaban J connectivity index is 1.45. The van der Waals surface area contributed by atoms with Gasteiger partial charge in [-0.15, -0.1) is 11.3 Å². The molecule has 4 nitrogen and oxygen atoms in total. The third-order valence-corrected chi connectivity index (χ3v) is 6.28. The molecule has 0 atom stereocenters. The van der Waals surface area contributed by atoms with Gasteiger partial charge in [-0.25, -0.2) is 4.98 Å². The fourth-order valence-corrected chi connectivity index (χ4v) is 4.55. The first kappa shape index (κ1) is 19.0. The van der Waals surface area contributed by atoms with Gasteiger partial charge < -0.3 is 10.3 Å². The molecule has 1 aromatic carbocycles. The fraction of sp³-hybridized carbons (Fsp3) is 0.400. The van der Waals surface area contributed by atoms with E-state index in [2.05, 4.69) is 15.3 Å². The molecule has 2 aromatic heterocycles. The zero-order chi connectivity index (χ0) is 19.7. The summed E-state index contributed by atoms with van der Waals surface area (Å²) in [6.45, 7) is 0.0165. The summed E-state index contributed by atoms with van der Waals surface area (Å²) >= 11 is 0.542. The van der Waals surface area contributed by atoms with Crippen LogP contribution in [0.4, 0.5) is 13.2 Å². The van der Waals surface area contributed by atoms with Crippen molar-refractivity contribution in [2.75, 3.05) is 0 Å². The summed E-state index contributed by atoms with van der Waals surface area (Å²) in [6.07, 6.45) is 4.94. The van der Waals surface area contributed by atoms with Crippen LogP contribution in [0.5, 0.6) is 0 Å². The molecule has 0 radical (unpaired) electrons. The molecular weight excluding hydrogens is 387 g/mol. The van der Waals surface area contributed by atoms with Crippen LogP contribution in [0, 0.1) is 0 Å².